The third-order valence-electron chi connectivity index (χ3n) is 10.8. The van der Waals surface area contributed by atoms with Crippen LogP contribution >= 0.6 is 12.8 Å². The summed E-state index contributed by atoms with van der Waals surface area (Å²) in [6.07, 6.45) is 43.0. The number of nitrogens with zero attached hydrogens (tertiary/aromatic N) is 4. The number of amidine groups is 1. The molecule has 3 atom stereocenters. The Balaban J connectivity index is 1.30. The van der Waals surface area contributed by atoms with Crippen molar-refractivity contribution < 1.29 is 4.74 Å². The highest BCUT2D eigenvalue weighted by Gasteiger charge is 2.39. The van der Waals surface area contributed by atoms with Gasteiger partial charge < -0.3 is 4.74 Å². The van der Waals surface area contributed by atoms with Crippen molar-refractivity contribution in [3.8, 4) is 0 Å². The molecule has 49 heavy (non-hydrogen) atoms. The monoisotopic (exact) mass is 700 g/mol. The van der Waals surface area contributed by atoms with Crippen LogP contribution < -0.4 is 4.00 Å². The van der Waals surface area contributed by atoms with Crippen LogP contribution in [0.4, 0.5) is 5.69 Å². The minimum Gasteiger partial charge on any atom is -0.381 e. The first kappa shape index (κ1) is 43.9. The zero-order valence-electron chi connectivity index (χ0n) is 32.6. The SMILES string of the molecule is CCCCCCCCCCCCCCCCCC[C@H](C)CCCCCCCCCCC(CCCCC1=NN=N[N+]1(S)c1ccccc1)OC. The van der Waals surface area contributed by atoms with Gasteiger partial charge in [-0.15, -0.1) is 0 Å². The lowest BCUT2D eigenvalue weighted by molar-refractivity contribution is 0.0834. The van der Waals surface area contributed by atoms with Crippen molar-refractivity contribution in [1.29, 1.82) is 0 Å². The van der Waals surface area contributed by atoms with Gasteiger partial charge in [-0.05, 0) is 29.2 Å². The molecule has 6 heteroatoms. The van der Waals surface area contributed by atoms with Gasteiger partial charge in [0.25, 0.3) is 5.84 Å². The molecule has 0 amide bonds. The summed E-state index contributed by atoms with van der Waals surface area (Å²) in [4.78, 5) is 0. The largest absolute Gasteiger partial charge is 0.381 e. The van der Waals surface area contributed by atoms with Crippen LogP contribution in [0, 0.1) is 5.92 Å². The Bertz CT molecular complexity index is 941. The average molecular weight is 700 g/mol. The van der Waals surface area contributed by atoms with E-state index >= 15 is 0 Å². The van der Waals surface area contributed by atoms with Crippen LogP contribution in [0.3, 0.4) is 0 Å². The molecule has 282 valence electrons. The summed E-state index contributed by atoms with van der Waals surface area (Å²) < 4.78 is 5.86. The molecule has 1 aromatic carbocycles. The van der Waals surface area contributed by atoms with E-state index in [1.807, 2.05) is 37.4 Å². The van der Waals surface area contributed by atoms with Gasteiger partial charge in [-0.25, -0.2) is 0 Å². The molecule has 2 rings (SSSR count). The fourth-order valence-electron chi connectivity index (χ4n) is 7.43. The zero-order chi connectivity index (χ0) is 35.1. The smallest absolute Gasteiger partial charge is 0.269 e. The molecule has 1 aliphatic rings. The van der Waals surface area contributed by atoms with E-state index in [2.05, 4.69) is 29.4 Å². The molecule has 0 radical (unpaired) electrons. The summed E-state index contributed by atoms with van der Waals surface area (Å²) in [6, 6.07) is 10.1. The highest BCUT2D eigenvalue weighted by Crippen LogP contribution is 2.33. The molecule has 0 aromatic heterocycles. The van der Waals surface area contributed by atoms with Crippen molar-refractivity contribution in [3.05, 3.63) is 30.3 Å². The number of quaternary nitrogens is 1. The second kappa shape index (κ2) is 30.4. The third kappa shape index (κ3) is 21.7. The van der Waals surface area contributed by atoms with Crippen LogP contribution in [0.25, 0.3) is 0 Å². The number of rotatable bonds is 35. The maximum absolute atomic E-state index is 5.81. The van der Waals surface area contributed by atoms with Crippen molar-refractivity contribution in [1.82, 2.24) is 4.00 Å². The second-order valence-corrected chi connectivity index (χ2v) is 15.9. The van der Waals surface area contributed by atoms with Gasteiger partial charge >= 0.3 is 0 Å². The molecule has 0 fully saturated rings. The number of hydrogen-bond donors (Lipinski definition) is 1. The predicted molar refractivity (Wildman–Crippen MR) is 218 cm³/mol. The van der Waals surface area contributed by atoms with Crippen molar-refractivity contribution >= 4 is 24.3 Å². The number of thiol groups is 1. The first-order valence-corrected chi connectivity index (χ1v) is 21.7. The summed E-state index contributed by atoms with van der Waals surface area (Å²) >= 11 is 4.79. The molecule has 0 spiro atoms. The zero-order valence-corrected chi connectivity index (χ0v) is 33.5. The standard InChI is InChI=1S/C43H79N4OS/c1-4-5-6-7-8-9-10-11-12-13-14-15-16-19-22-26-33-40(2)34-27-23-20-17-18-21-24-30-37-42(48-3)38-31-32-39-43-44-45-46-47(43,49)41-35-28-25-29-36-41/h25,28-29,35-36,40,42,49H,4-24,26-27,30-34,37-39H2,1-3H3/q+1/t40-,42?,47?/m0/s1. The van der Waals surface area contributed by atoms with E-state index in [9.17, 15) is 0 Å². The Morgan fingerprint density at radius 3 is 1.43 bits per heavy atom. The van der Waals surface area contributed by atoms with Crippen molar-refractivity contribution in [3.63, 3.8) is 0 Å². The molecule has 0 saturated carbocycles. The summed E-state index contributed by atoms with van der Waals surface area (Å²) in [5.74, 6) is 1.82. The lowest BCUT2D eigenvalue weighted by Gasteiger charge is -2.19. The van der Waals surface area contributed by atoms with E-state index in [0.717, 1.165) is 43.1 Å². The Hall–Kier alpha value is -1.24. The van der Waals surface area contributed by atoms with Gasteiger partial charge in [-0.2, -0.15) is 0 Å². The molecule has 0 bridgehead atoms. The summed E-state index contributed by atoms with van der Waals surface area (Å²) in [6.45, 7) is 4.80. The minimum absolute atomic E-state index is 0.0489. The van der Waals surface area contributed by atoms with Gasteiger partial charge in [0.05, 0.1) is 11.3 Å². The van der Waals surface area contributed by atoms with Gasteiger partial charge in [0.15, 0.2) is 5.69 Å². The molecular weight excluding hydrogens is 621 g/mol. The van der Waals surface area contributed by atoms with E-state index in [0.29, 0.717) is 6.10 Å². The van der Waals surface area contributed by atoms with Gasteiger partial charge in [0, 0.05) is 30.9 Å². The van der Waals surface area contributed by atoms with E-state index in [-0.39, 0.29) is 4.00 Å². The Labute approximate surface area is 310 Å². The van der Waals surface area contributed by atoms with Gasteiger partial charge in [0.1, 0.15) is 12.8 Å². The quantitative estimate of drug-likeness (QED) is 0.0428. The number of para-hydroxylation sites is 1. The molecular formula is C43H79N4OS+. The molecule has 0 N–H and O–H groups in total. The van der Waals surface area contributed by atoms with Crippen LogP contribution in [-0.2, 0) is 4.74 Å². The van der Waals surface area contributed by atoms with Crippen molar-refractivity contribution in [2.75, 3.05) is 7.11 Å². The second-order valence-electron chi connectivity index (χ2n) is 15.3. The fraction of sp³-hybridized carbons (Fsp3) is 0.837. The van der Waals surface area contributed by atoms with E-state index in [1.165, 1.54) is 173 Å². The van der Waals surface area contributed by atoms with Crippen LogP contribution in [0.15, 0.2) is 45.9 Å². The first-order valence-electron chi connectivity index (χ1n) is 21.3. The van der Waals surface area contributed by atoms with Gasteiger partial charge in [-0.3, -0.25) is 0 Å². The fourth-order valence-corrected chi connectivity index (χ4v) is 7.74. The summed E-state index contributed by atoms with van der Waals surface area (Å²) in [5, 5.41) is 12.5. The molecule has 1 aromatic rings. The third-order valence-corrected chi connectivity index (χ3v) is 11.4. The molecule has 0 saturated heterocycles. The van der Waals surface area contributed by atoms with Gasteiger partial charge in [0.2, 0.25) is 0 Å². The topological polar surface area (TPSA) is 46.3 Å². The van der Waals surface area contributed by atoms with Crippen LogP contribution in [0.5, 0.6) is 0 Å². The molecule has 1 aliphatic heterocycles. The Kier molecular flexibility index (Phi) is 27.2. The van der Waals surface area contributed by atoms with E-state index in [1.54, 1.807) is 0 Å². The Morgan fingerprint density at radius 1 is 0.571 bits per heavy atom. The number of unbranched alkanes of at least 4 members (excludes halogenated alkanes) is 23. The molecule has 0 aliphatic carbocycles. The lowest BCUT2D eigenvalue weighted by Crippen LogP contribution is -2.37. The van der Waals surface area contributed by atoms with Crippen LogP contribution in [0.1, 0.15) is 213 Å². The number of methoxy groups -OCH3 is 1. The maximum atomic E-state index is 5.81. The first-order chi connectivity index (χ1) is 24.1. The Morgan fingerprint density at radius 2 is 0.980 bits per heavy atom. The highest BCUT2D eigenvalue weighted by atomic mass is 32.1. The summed E-state index contributed by atoms with van der Waals surface area (Å²) in [7, 11) is 1.87. The van der Waals surface area contributed by atoms with Crippen molar-refractivity contribution in [2.24, 2.45) is 21.5 Å². The normalized spacial score (nSPS) is 17.1. The average Bonchev–Trinajstić information content (AvgIpc) is 3.50. The lowest BCUT2D eigenvalue weighted by atomic mass is 9.95. The highest BCUT2D eigenvalue weighted by molar-refractivity contribution is 7.80. The maximum Gasteiger partial charge on any atom is 0.269 e. The van der Waals surface area contributed by atoms with Crippen molar-refractivity contribution in [2.45, 2.75) is 219 Å². The number of benzene rings is 1. The van der Waals surface area contributed by atoms with Gasteiger partial charge in [-0.1, -0.05) is 211 Å². The van der Waals surface area contributed by atoms with E-state index < -0.39 is 0 Å². The van der Waals surface area contributed by atoms with Crippen LogP contribution in [-0.4, -0.2) is 19.0 Å². The number of hydrogen-bond acceptors (Lipinski definition) is 5. The number of ether oxygens (including phenoxy) is 1. The van der Waals surface area contributed by atoms with Crippen LogP contribution in [0.2, 0.25) is 0 Å². The molecule has 5 nitrogen and oxygen atoms in total. The summed E-state index contributed by atoms with van der Waals surface area (Å²) in [5.41, 5.74) is 0.978. The molecule has 2 unspecified atom stereocenters. The van der Waals surface area contributed by atoms with E-state index in [4.69, 9.17) is 17.6 Å². The predicted octanol–water partition coefficient (Wildman–Crippen LogP) is 15.3. The molecule has 1 heterocycles. The minimum atomic E-state index is 0.0489.